The van der Waals surface area contributed by atoms with Crippen LogP contribution in [0.3, 0.4) is 0 Å². The van der Waals surface area contributed by atoms with Gasteiger partial charge in [-0.05, 0) is 94.4 Å². The number of aromatic nitrogens is 2. The average Bonchev–Trinajstić information content (AvgIpc) is 3.16. The van der Waals surface area contributed by atoms with E-state index >= 15 is 0 Å². The molecule has 2 aromatic heterocycles. The summed E-state index contributed by atoms with van der Waals surface area (Å²) < 4.78 is 0. The lowest BCUT2D eigenvalue weighted by molar-refractivity contribution is 0.747. The standard InChI is InChI=1S/C43H36N6/c1-49-20-2-3-27-5-4-26-10-15-40(48-42(26)43(27)49)33-9-7-28-21-32(8-6-29(28)22-33)38-18-13-34-23-30(11-16-37(34)46-38)31-12-17-39-35(24-31)14-19-41(47-39)36(45)25-44/h4-19,21-25,41,47H,2-3,20,44-45H2,1H3/b36-25-. The Morgan fingerprint density at radius 3 is 2.18 bits per heavy atom. The molecule has 6 nitrogen and oxygen atoms in total. The smallest absolute Gasteiger partial charge is 0.0945 e. The van der Waals surface area contributed by atoms with E-state index in [9.17, 15) is 0 Å². The van der Waals surface area contributed by atoms with Crippen LogP contribution < -0.4 is 21.7 Å². The van der Waals surface area contributed by atoms with Gasteiger partial charge in [-0.1, -0.05) is 72.8 Å². The van der Waals surface area contributed by atoms with E-state index in [0.29, 0.717) is 5.70 Å². The molecule has 0 saturated carbocycles. The van der Waals surface area contributed by atoms with Gasteiger partial charge < -0.3 is 21.7 Å². The third kappa shape index (κ3) is 5.13. The predicted molar refractivity (Wildman–Crippen MR) is 205 cm³/mol. The summed E-state index contributed by atoms with van der Waals surface area (Å²) >= 11 is 0. The molecule has 0 amide bonds. The van der Waals surface area contributed by atoms with E-state index in [-0.39, 0.29) is 6.04 Å². The Balaban J connectivity index is 0.990. The highest BCUT2D eigenvalue weighted by Gasteiger charge is 2.19. The van der Waals surface area contributed by atoms with Gasteiger partial charge in [0.2, 0.25) is 0 Å². The number of anilines is 2. The van der Waals surface area contributed by atoms with Crippen molar-refractivity contribution in [3.63, 3.8) is 0 Å². The zero-order valence-corrected chi connectivity index (χ0v) is 27.3. The quantitative estimate of drug-likeness (QED) is 0.179. The Bertz CT molecular complexity index is 2510. The second kappa shape index (κ2) is 11.5. The maximum atomic E-state index is 6.02. The van der Waals surface area contributed by atoms with Crippen LogP contribution in [0.2, 0.25) is 0 Å². The highest BCUT2D eigenvalue weighted by atomic mass is 15.1. The monoisotopic (exact) mass is 636 g/mol. The van der Waals surface area contributed by atoms with Gasteiger partial charge in [-0.3, -0.25) is 0 Å². The van der Waals surface area contributed by atoms with Gasteiger partial charge in [0.05, 0.1) is 39.8 Å². The molecule has 0 aliphatic carbocycles. The fraction of sp³-hybridized carbons (Fsp3) is 0.116. The van der Waals surface area contributed by atoms with Crippen molar-refractivity contribution in [2.75, 3.05) is 23.8 Å². The Labute approximate surface area is 285 Å². The summed E-state index contributed by atoms with van der Waals surface area (Å²) in [7, 11) is 2.18. The number of nitrogens with two attached hydrogens (primary N) is 2. The maximum absolute atomic E-state index is 6.02. The molecule has 0 bridgehead atoms. The zero-order valence-electron chi connectivity index (χ0n) is 27.3. The molecular formula is C43H36N6. The number of pyridine rings is 2. The Kier molecular flexibility index (Phi) is 6.83. The Hall–Kier alpha value is -6.14. The van der Waals surface area contributed by atoms with Crippen molar-refractivity contribution < 1.29 is 0 Å². The van der Waals surface area contributed by atoms with Crippen LogP contribution >= 0.6 is 0 Å². The van der Waals surface area contributed by atoms with Crippen molar-refractivity contribution in [1.82, 2.24) is 9.97 Å². The number of hydrogen-bond acceptors (Lipinski definition) is 6. The first-order valence-corrected chi connectivity index (χ1v) is 16.9. The third-order valence-corrected chi connectivity index (χ3v) is 10.1. The van der Waals surface area contributed by atoms with Gasteiger partial charge in [0.1, 0.15) is 0 Å². The third-order valence-electron chi connectivity index (χ3n) is 10.1. The van der Waals surface area contributed by atoms with Crippen molar-refractivity contribution in [2.45, 2.75) is 18.9 Å². The molecule has 7 aromatic rings. The Morgan fingerprint density at radius 1 is 0.735 bits per heavy atom. The highest BCUT2D eigenvalue weighted by Crippen LogP contribution is 2.36. The molecule has 5 aromatic carbocycles. The van der Waals surface area contributed by atoms with Gasteiger partial charge in [-0.25, -0.2) is 9.97 Å². The minimum Gasteiger partial charge on any atom is -0.403 e. The number of fused-ring (bicyclic) bond motifs is 6. The minimum absolute atomic E-state index is 0.0926. The number of nitrogens with one attached hydrogen (secondary N) is 1. The minimum atomic E-state index is -0.0926. The van der Waals surface area contributed by atoms with Crippen molar-refractivity contribution in [3.8, 4) is 33.6 Å². The first-order chi connectivity index (χ1) is 24.0. The number of nitrogens with zero attached hydrogens (tertiary/aromatic N) is 3. The molecule has 0 radical (unpaired) electrons. The van der Waals surface area contributed by atoms with Crippen molar-refractivity contribution in [1.29, 1.82) is 0 Å². The van der Waals surface area contributed by atoms with Crippen molar-refractivity contribution in [3.05, 3.63) is 138 Å². The molecule has 0 saturated heterocycles. The van der Waals surface area contributed by atoms with E-state index in [4.69, 9.17) is 21.4 Å². The summed E-state index contributed by atoms with van der Waals surface area (Å²) in [4.78, 5) is 12.6. The first kappa shape index (κ1) is 29.0. The topological polar surface area (TPSA) is 93.1 Å². The van der Waals surface area contributed by atoms with Gasteiger partial charge in [-0.15, -0.1) is 0 Å². The van der Waals surface area contributed by atoms with Gasteiger partial charge in [0, 0.05) is 47.4 Å². The number of rotatable bonds is 4. The SMILES string of the molecule is CN1CCCc2ccc3ccc(-c4ccc5cc(-c6ccc7cc(-c8ccc9c(c8)C=CC(/C(N)=C/N)N9)ccc7n6)ccc5c4)nc3c21. The molecule has 238 valence electrons. The molecular weight excluding hydrogens is 601 g/mol. The van der Waals surface area contributed by atoms with E-state index in [1.54, 1.807) is 0 Å². The van der Waals surface area contributed by atoms with E-state index in [2.05, 4.69) is 133 Å². The molecule has 1 atom stereocenters. The molecule has 2 aliphatic heterocycles. The molecule has 0 spiro atoms. The van der Waals surface area contributed by atoms with Gasteiger partial charge >= 0.3 is 0 Å². The van der Waals surface area contributed by atoms with Crippen LogP contribution in [0.15, 0.2) is 127 Å². The number of benzene rings is 5. The van der Waals surface area contributed by atoms with Crippen LogP contribution in [-0.4, -0.2) is 29.6 Å². The van der Waals surface area contributed by atoms with Gasteiger partial charge in [0.25, 0.3) is 0 Å². The molecule has 2 aliphatic rings. The molecule has 1 unspecified atom stereocenters. The zero-order chi connectivity index (χ0) is 33.1. The van der Waals surface area contributed by atoms with Crippen molar-refractivity contribution >= 4 is 50.0 Å². The lowest BCUT2D eigenvalue weighted by atomic mass is 9.97. The first-order valence-electron chi connectivity index (χ1n) is 16.9. The normalized spacial score (nSPS) is 15.7. The van der Waals surface area contributed by atoms with Crippen LogP contribution in [0.4, 0.5) is 11.4 Å². The molecule has 5 N–H and O–H groups in total. The van der Waals surface area contributed by atoms with E-state index in [1.807, 2.05) is 6.08 Å². The fourth-order valence-electron chi connectivity index (χ4n) is 7.38. The molecule has 49 heavy (non-hydrogen) atoms. The van der Waals surface area contributed by atoms with E-state index < -0.39 is 0 Å². The van der Waals surface area contributed by atoms with Gasteiger partial charge in [0.15, 0.2) is 0 Å². The highest BCUT2D eigenvalue weighted by molar-refractivity contribution is 5.96. The summed E-state index contributed by atoms with van der Waals surface area (Å²) in [6.45, 7) is 1.07. The van der Waals surface area contributed by atoms with Crippen LogP contribution in [0.25, 0.3) is 72.3 Å². The fourth-order valence-corrected chi connectivity index (χ4v) is 7.38. The maximum Gasteiger partial charge on any atom is 0.0945 e. The molecule has 4 heterocycles. The van der Waals surface area contributed by atoms with Crippen LogP contribution in [0.5, 0.6) is 0 Å². The lowest BCUT2D eigenvalue weighted by Gasteiger charge is -2.28. The second-order valence-corrected chi connectivity index (χ2v) is 13.2. The summed E-state index contributed by atoms with van der Waals surface area (Å²) in [5.41, 5.74) is 25.6. The second-order valence-electron chi connectivity index (χ2n) is 13.2. The summed E-state index contributed by atoms with van der Waals surface area (Å²) in [5, 5.41) is 8.10. The predicted octanol–water partition coefficient (Wildman–Crippen LogP) is 8.89. The summed E-state index contributed by atoms with van der Waals surface area (Å²) in [6, 6.07) is 39.2. The number of hydrogen-bond donors (Lipinski definition) is 3. The van der Waals surface area contributed by atoms with E-state index in [0.717, 1.165) is 74.3 Å². The van der Waals surface area contributed by atoms with Crippen LogP contribution in [0.1, 0.15) is 17.5 Å². The van der Waals surface area contributed by atoms with Crippen LogP contribution in [0, 0.1) is 0 Å². The van der Waals surface area contributed by atoms with Crippen LogP contribution in [-0.2, 0) is 6.42 Å². The average molecular weight is 637 g/mol. The van der Waals surface area contributed by atoms with Gasteiger partial charge in [-0.2, -0.15) is 0 Å². The largest absolute Gasteiger partial charge is 0.403 e. The molecule has 9 rings (SSSR count). The van der Waals surface area contributed by atoms with Crippen molar-refractivity contribution in [2.24, 2.45) is 11.5 Å². The summed E-state index contributed by atoms with van der Waals surface area (Å²) in [5.74, 6) is 0. The lowest BCUT2D eigenvalue weighted by Crippen LogP contribution is -2.27. The van der Waals surface area contributed by atoms with E-state index in [1.165, 1.54) is 40.0 Å². The molecule has 0 fully saturated rings. The summed E-state index contributed by atoms with van der Waals surface area (Å²) in [6.07, 6.45) is 7.88. The number of aryl methyl sites for hydroxylation is 1. The Morgan fingerprint density at radius 2 is 1.39 bits per heavy atom. The molecule has 6 heteroatoms.